The molecule has 0 unspecified atom stereocenters. The Morgan fingerprint density at radius 3 is 2.73 bits per heavy atom. The normalized spacial score (nSPS) is 15.5. The van der Waals surface area contributed by atoms with Gasteiger partial charge in [0.1, 0.15) is 18.1 Å². The van der Waals surface area contributed by atoms with E-state index in [1.807, 2.05) is 12.1 Å². The van der Waals surface area contributed by atoms with Gasteiger partial charge in [-0.2, -0.15) is 0 Å². The van der Waals surface area contributed by atoms with Crippen molar-refractivity contribution in [1.29, 1.82) is 0 Å². The first-order chi connectivity index (χ1) is 14.5. The number of ether oxygens (including phenoxy) is 1. The fourth-order valence-corrected chi connectivity index (χ4v) is 3.53. The lowest BCUT2D eigenvalue weighted by atomic mass is 10.2. The second-order valence-corrected chi connectivity index (χ2v) is 7.17. The monoisotopic (exact) mass is 411 g/mol. The minimum absolute atomic E-state index is 0.179. The number of nitro groups is 1. The molecule has 1 fully saturated rings. The number of aromatic nitrogens is 1. The van der Waals surface area contributed by atoms with Crippen LogP contribution in [0.25, 0.3) is 0 Å². The van der Waals surface area contributed by atoms with Crippen LogP contribution in [0.3, 0.4) is 0 Å². The van der Waals surface area contributed by atoms with Crippen LogP contribution in [-0.4, -0.2) is 48.0 Å². The molecule has 0 spiro atoms. The molecule has 1 aromatic heterocycles. The summed E-state index contributed by atoms with van der Waals surface area (Å²) >= 11 is 0. The summed E-state index contributed by atoms with van der Waals surface area (Å²) in [6.45, 7) is 1.81. The van der Waals surface area contributed by atoms with Crippen molar-refractivity contribution in [2.24, 2.45) is 0 Å². The number of fused-ring (bicyclic) bond motifs is 1. The van der Waals surface area contributed by atoms with Crippen molar-refractivity contribution in [3.05, 3.63) is 52.2 Å². The average molecular weight is 411 g/mol. The molecule has 1 N–H and O–H groups in total. The standard InChI is InChI=1S/C20H21N5O5/c26-19(22-11-14-3-6-18(21-10-14)23-7-1-2-8-23)12-24-16-9-15(25(28)29)4-5-17(16)30-13-20(24)27/h3-6,9-10H,1-2,7-8,11-13H2,(H,22,26). The van der Waals surface area contributed by atoms with E-state index >= 15 is 0 Å². The van der Waals surface area contributed by atoms with Crippen LogP contribution in [-0.2, 0) is 16.1 Å². The van der Waals surface area contributed by atoms with E-state index in [0.717, 1.165) is 24.5 Å². The zero-order valence-corrected chi connectivity index (χ0v) is 16.2. The van der Waals surface area contributed by atoms with Crippen molar-refractivity contribution in [3.8, 4) is 5.75 Å². The number of rotatable bonds is 6. The lowest BCUT2D eigenvalue weighted by molar-refractivity contribution is -0.384. The first kappa shape index (κ1) is 19.6. The maximum atomic E-state index is 12.4. The molecular weight excluding hydrogens is 390 g/mol. The molecule has 30 heavy (non-hydrogen) atoms. The summed E-state index contributed by atoms with van der Waals surface area (Å²) in [5, 5.41) is 13.8. The van der Waals surface area contributed by atoms with Gasteiger partial charge >= 0.3 is 0 Å². The number of hydrogen-bond acceptors (Lipinski definition) is 7. The van der Waals surface area contributed by atoms with E-state index in [2.05, 4.69) is 15.2 Å². The molecule has 10 nitrogen and oxygen atoms in total. The van der Waals surface area contributed by atoms with Gasteiger partial charge in [0.15, 0.2) is 6.61 Å². The Labute approximate surface area is 172 Å². The topological polar surface area (TPSA) is 118 Å². The number of nitrogens with zero attached hydrogens (tertiary/aromatic N) is 4. The van der Waals surface area contributed by atoms with Crippen LogP contribution in [0.2, 0.25) is 0 Å². The molecule has 156 valence electrons. The molecule has 1 aromatic carbocycles. The van der Waals surface area contributed by atoms with Crippen molar-refractivity contribution in [3.63, 3.8) is 0 Å². The maximum absolute atomic E-state index is 12.4. The zero-order valence-electron chi connectivity index (χ0n) is 16.2. The van der Waals surface area contributed by atoms with E-state index in [0.29, 0.717) is 5.75 Å². The van der Waals surface area contributed by atoms with Crippen molar-refractivity contribution in [2.45, 2.75) is 19.4 Å². The number of carbonyl (C=O) groups excluding carboxylic acids is 2. The van der Waals surface area contributed by atoms with Crippen molar-refractivity contribution in [1.82, 2.24) is 10.3 Å². The first-order valence-electron chi connectivity index (χ1n) is 9.69. The Morgan fingerprint density at radius 2 is 2.03 bits per heavy atom. The van der Waals surface area contributed by atoms with E-state index in [4.69, 9.17) is 4.74 Å². The highest BCUT2D eigenvalue weighted by molar-refractivity contribution is 6.02. The number of non-ortho nitro benzene ring substituents is 1. The lowest BCUT2D eigenvalue weighted by Gasteiger charge is -2.28. The highest BCUT2D eigenvalue weighted by atomic mass is 16.6. The third kappa shape index (κ3) is 4.17. The van der Waals surface area contributed by atoms with E-state index in [1.165, 1.54) is 35.9 Å². The molecule has 10 heteroatoms. The van der Waals surface area contributed by atoms with Gasteiger partial charge in [-0.05, 0) is 30.5 Å². The van der Waals surface area contributed by atoms with Crippen LogP contribution in [0.5, 0.6) is 5.75 Å². The molecule has 0 aliphatic carbocycles. The minimum Gasteiger partial charge on any atom is -0.482 e. The SMILES string of the molecule is O=C(CN1C(=O)COc2ccc([N+](=O)[O-])cc21)NCc1ccc(N2CCCC2)nc1. The summed E-state index contributed by atoms with van der Waals surface area (Å²) < 4.78 is 5.31. The summed E-state index contributed by atoms with van der Waals surface area (Å²) in [4.78, 5) is 43.0. The van der Waals surface area contributed by atoms with Gasteiger partial charge in [-0.15, -0.1) is 0 Å². The van der Waals surface area contributed by atoms with Crippen LogP contribution < -0.4 is 19.9 Å². The third-order valence-electron chi connectivity index (χ3n) is 5.13. The van der Waals surface area contributed by atoms with Gasteiger partial charge in [-0.3, -0.25) is 24.6 Å². The number of pyridine rings is 1. The number of nitrogens with one attached hydrogen (secondary N) is 1. The van der Waals surface area contributed by atoms with E-state index < -0.39 is 10.8 Å². The summed E-state index contributed by atoms with van der Waals surface area (Å²) in [6, 6.07) is 7.82. The predicted molar refractivity (Wildman–Crippen MR) is 108 cm³/mol. The van der Waals surface area contributed by atoms with Crippen molar-refractivity contribution >= 4 is 29.0 Å². The molecule has 0 atom stereocenters. The Balaban J connectivity index is 1.38. The number of nitro benzene ring substituents is 1. The summed E-state index contributed by atoms with van der Waals surface area (Å²) in [5.74, 6) is 0.440. The average Bonchev–Trinajstić information content (AvgIpc) is 3.29. The molecule has 4 rings (SSSR count). The van der Waals surface area contributed by atoms with Gasteiger partial charge in [0.2, 0.25) is 5.91 Å². The third-order valence-corrected chi connectivity index (χ3v) is 5.13. The molecule has 1 saturated heterocycles. The molecule has 2 aliphatic heterocycles. The molecule has 2 aromatic rings. The lowest BCUT2D eigenvalue weighted by Crippen LogP contribution is -2.45. The highest BCUT2D eigenvalue weighted by Crippen LogP contribution is 2.35. The number of amides is 2. The van der Waals surface area contributed by atoms with E-state index in [9.17, 15) is 19.7 Å². The fourth-order valence-electron chi connectivity index (χ4n) is 3.53. The predicted octanol–water partition coefficient (Wildman–Crippen LogP) is 1.63. The van der Waals surface area contributed by atoms with Gasteiger partial charge in [0, 0.05) is 38.0 Å². The van der Waals surface area contributed by atoms with Crippen LogP contribution in [0, 0.1) is 10.1 Å². The molecule has 2 aliphatic rings. The Morgan fingerprint density at radius 1 is 1.23 bits per heavy atom. The number of hydrogen-bond donors (Lipinski definition) is 1. The Hall–Kier alpha value is -3.69. The van der Waals surface area contributed by atoms with Gasteiger partial charge in [0.05, 0.1) is 10.6 Å². The first-order valence-corrected chi connectivity index (χ1v) is 9.69. The number of anilines is 2. The second-order valence-electron chi connectivity index (χ2n) is 7.17. The number of benzene rings is 1. The van der Waals surface area contributed by atoms with Gasteiger partial charge in [-0.25, -0.2) is 4.98 Å². The summed E-state index contributed by atoms with van der Waals surface area (Å²) in [6.07, 6.45) is 4.07. The summed E-state index contributed by atoms with van der Waals surface area (Å²) in [5.41, 5.74) is 0.879. The highest BCUT2D eigenvalue weighted by Gasteiger charge is 2.29. The molecule has 0 saturated carbocycles. The van der Waals surface area contributed by atoms with E-state index in [1.54, 1.807) is 6.20 Å². The fraction of sp³-hybridized carbons (Fsp3) is 0.350. The largest absolute Gasteiger partial charge is 0.482 e. The molecule has 3 heterocycles. The van der Waals surface area contributed by atoms with Crippen LogP contribution in [0.1, 0.15) is 18.4 Å². The van der Waals surface area contributed by atoms with Gasteiger partial charge < -0.3 is 15.0 Å². The summed E-state index contributed by atoms with van der Waals surface area (Å²) in [7, 11) is 0. The Kier molecular flexibility index (Phi) is 5.46. The smallest absolute Gasteiger partial charge is 0.271 e. The maximum Gasteiger partial charge on any atom is 0.271 e. The Bertz CT molecular complexity index is 972. The van der Waals surface area contributed by atoms with Gasteiger partial charge in [-0.1, -0.05) is 6.07 Å². The van der Waals surface area contributed by atoms with Crippen LogP contribution in [0.15, 0.2) is 36.5 Å². The minimum atomic E-state index is -0.559. The number of carbonyl (C=O) groups is 2. The molecular formula is C20H21N5O5. The van der Waals surface area contributed by atoms with Crippen LogP contribution >= 0.6 is 0 Å². The molecule has 2 amide bonds. The molecule has 0 radical (unpaired) electrons. The quantitative estimate of drug-likeness (QED) is 0.567. The second kappa shape index (κ2) is 8.36. The van der Waals surface area contributed by atoms with Gasteiger partial charge in [0.25, 0.3) is 11.6 Å². The molecule has 0 bridgehead atoms. The van der Waals surface area contributed by atoms with Crippen LogP contribution in [0.4, 0.5) is 17.2 Å². The van der Waals surface area contributed by atoms with E-state index in [-0.39, 0.29) is 37.0 Å². The zero-order chi connectivity index (χ0) is 21.1. The van der Waals surface area contributed by atoms with Crippen molar-refractivity contribution in [2.75, 3.05) is 36.0 Å². The van der Waals surface area contributed by atoms with Crippen molar-refractivity contribution < 1.29 is 19.2 Å².